The van der Waals surface area contributed by atoms with E-state index in [2.05, 4.69) is 0 Å². The van der Waals surface area contributed by atoms with Crippen molar-refractivity contribution in [2.75, 3.05) is 11.9 Å². The van der Waals surface area contributed by atoms with E-state index in [4.69, 9.17) is 4.74 Å². The van der Waals surface area contributed by atoms with Crippen LogP contribution in [-0.2, 0) is 4.79 Å². The number of carbonyl (C=O) groups is 1. The van der Waals surface area contributed by atoms with Crippen LogP contribution in [0.1, 0.15) is 6.92 Å². The molecular formula is C16H16N2O4. The van der Waals surface area contributed by atoms with Crippen LogP contribution in [0.25, 0.3) is 0 Å². The summed E-state index contributed by atoms with van der Waals surface area (Å²) in [7, 11) is 1.67. The summed E-state index contributed by atoms with van der Waals surface area (Å²) < 4.78 is 5.54. The van der Waals surface area contributed by atoms with E-state index in [1.54, 1.807) is 14.0 Å². The minimum Gasteiger partial charge on any atom is -0.481 e. The van der Waals surface area contributed by atoms with Gasteiger partial charge in [-0.05, 0) is 31.2 Å². The SMILES string of the molecule is C[C@H](Oc1ccc([N+](=O)[O-])cc1)C(=O)N(C)c1ccccc1. The number of nitrogens with zero attached hydrogens (tertiary/aromatic N) is 2. The lowest BCUT2D eigenvalue weighted by atomic mass is 10.2. The van der Waals surface area contributed by atoms with Gasteiger partial charge in [0.2, 0.25) is 0 Å². The highest BCUT2D eigenvalue weighted by molar-refractivity contribution is 5.95. The monoisotopic (exact) mass is 300 g/mol. The molecule has 1 atom stereocenters. The Balaban J connectivity index is 2.03. The molecule has 22 heavy (non-hydrogen) atoms. The number of anilines is 1. The Hall–Kier alpha value is -2.89. The van der Waals surface area contributed by atoms with Crippen molar-refractivity contribution < 1.29 is 14.5 Å². The first kappa shape index (κ1) is 15.5. The smallest absolute Gasteiger partial charge is 0.269 e. The van der Waals surface area contributed by atoms with Crippen molar-refractivity contribution >= 4 is 17.3 Å². The van der Waals surface area contributed by atoms with Gasteiger partial charge >= 0.3 is 0 Å². The number of hydrogen-bond acceptors (Lipinski definition) is 4. The van der Waals surface area contributed by atoms with Gasteiger partial charge in [0, 0.05) is 24.9 Å². The van der Waals surface area contributed by atoms with Gasteiger partial charge in [-0.2, -0.15) is 0 Å². The van der Waals surface area contributed by atoms with Gasteiger partial charge in [0.1, 0.15) is 5.75 Å². The van der Waals surface area contributed by atoms with Crippen LogP contribution in [0.5, 0.6) is 5.75 Å². The summed E-state index contributed by atoms with van der Waals surface area (Å²) >= 11 is 0. The molecule has 0 bridgehead atoms. The average molecular weight is 300 g/mol. The lowest BCUT2D eigenvalue weighted by Gasteiger charge is -2.22. The van der Waals surface area contributed by atoms with Crippen LogP contribution in [0.4, 0.5) is 11.4 Å². The number of amides is 1. The second-order valence-electron chi connectivity index (χ2n) is 4.74. The summed E-state index contributed by atoms with van der Waals surface area (Å²) in [6.07, 6.45) is -0.702. The molecule has 0 heterocycles. The Morgan fingerprint density at radius 2 is 1.73 bits per heavy atom. The van der Waals surface area contributed by atoms with Crippen molar-refractivity contribution in [3.05, 3.63) is 64.7 Å². The van der Waals surface area contributed by atoms with Crippen molar-refractivity contribution in [1.29, 1.82) is 0 Å². The van der Waals surface area contributed by atoms with Crippen LogP contribution in [0.15, 0.2) is 54.6 Å². The van der Waals surface area contributed by atoms with E-state index in [1.165, 1.54) is 29.2 Å². The van der Waals surface area contributed by atoms with Gasteiger partial charge in [0.05, 0.1) is 4.92 Å². The molecule has 6 heteroatoms. The van der Waals surface area contributed by atoms with Gasteiger partial charge in [0.15, 0.2) is 6.10 Å². The maximum Gasteiger partial charge on any atom is 0.269 e. The molecule has 0 saturated carbocycles. The fourth-order valence-corrected chi connectivity index (χ4v) is 1.95. The second-order valence-corrected chi connectivity index (χ2v) is 4.74. The summed E-state index contributed by atoms with van der Waals surface area (Å²) in [5.41, 5.74) is 0.749. The minimum absolute atomic E-state index is 0.0206. The van der Waals surface area contributed by atoms with Gasteiger partial charge in [-0.3, -0.25) is 14.9 Å². The third-order valence-electron chi connectivity index (χ3n) is 3.18. The first-order valence-corrected chi connectivity index (χ1v) is 6.73. The number of non-ortho nitro benzene ring substituents is 1. The van der Waals surface area contributed by atoms with Crippen molar-refractivity contribution in [2.24, 2.45) is 0 Å². The van der Waals surface area contributed by atoms with E-state index >= 15 is 0 Å². The second kappa shape index (κ2) is 6.71. The molecule has 0 aliphatic carbocycles. The molecule has 0 aliphatic rings. The summed E-state index contributed by atoms with van der Waals surface area (Å²) in [6.45, 7) is 1.64. The first-order chi connectivity index (χ1) is 10.5. The van der Waals surface area contributed by atoms with Crippen LogP contribution in [-0.4, -0.2) is 24.0 Å². The van der Waals surface area contributed by atoms with Crippen LogP contribution in [0.3, 0.4) is 0 Å². The Morgan fingerprint density at radius 1 is 1.14 bits per heavy atom. The third-order valence-corrected chi connectivity index (χ3v) is 3.18. The Kier molecular flexibility index (Phi) is 4.73. The zero-order chi connectivity index (χ0) is 16.1. The number of likely N-dealkylation sites (N-methyl/N-ethyl adjacent to an activating group) is 1. The highest BCUT2D eigenvalue weighted by atomic mass is 16.6. The maximum absolute atomic E-state index is 12.3. The minimum atomic E-state index is -0.702. The first-order valence-electron chi connectivity index (χ1n) is 6.73. The van der Waals surface area contributed by atoms with Crippen molar-refractivity contribution in [2.45, 2.75) is 13.0 Å². The Bertz CT molecular complexity index is 656. The molecule has 1 amide bonds. The molecule has 2 rings (SSSR count). The molecule has 6 nitrogen and oxygen atoms in total. The van der Waals surface area contributed by atoms with Gasteiger partial charge < -0.3 is 9.64 Å². The number of ether oxygens (including phenoxy) is 1. The van der Waals surface area contributed by atoms with E-state index in [0.717, 1.165) is 5.69 Å². The number of benzene rings is 2. The molecule has 2 aromatic carbocycles. The number of nitro benzene ring substituents is 1. The van der Waals surface area contributed by atoms with E-state index in [0.29, 0.717) is 5.75 Å². The topological polar surface area (TPSA) is 72.7 Å². The lowest BCUT2D eigenvalue weighted by Crippen LogP contribution is -2.37. The molecule has 0 aromatic heterocycles. The highest BCUT2D eigenvalue weighted by Crippen LogP contribution is 2.19. The van der Waals surface area contributed by atoms with Crippen LogP contribution in [0.2, 0.25) is 0 Å². The van der Waals surface area contributed by atoms with E-state index in [1.807, 2.05) is 30.3 Å². The highest BCUT2D eigenvalue weighted by Gasteiger charge is 2.20. The molecule has 0 radical (unpaired) electrons. The van der Waals surface area contributed by atoms with Gasteiger partial charge in [-0.15, -0.1) is 0 Å². The molecular weight excluding hydrogens is 284 g/mol. The quantitative estimate of drug-likeness (QED) is 0.628. The zero-order valence-corrected chi connectivity index (χ0v) is 12.3. The van der Waals surface area contributed by atoms with Crippen LogP contribution >= 0.6 is 0 Å². The van der Waals surface area contributed by atoms with Crippen molar-refractivity contribution in [3.63, 3.8) is 0 Å². The molecule has 0 N–H and O–H groups in total. The van der Waals surface area contributed by atoms with E-state index in [9.17, 15) is 14.9 Å². The van der Waals surface area contributed by atoms with Gasteiger partial charge in [-0.1, -0.05) is 18.2 Å². The number of carbonyl (C=O) groups excluding carboxylic acids is 1. The number of nitro groups is 1. The summed E-state index contributed by atoms with van der Waals surface area (Å²) in [4.78, 5) is 23.9. The molecule has 0 saturated heterocycles. The zero-order valence-electron chi connectivity index (χ0n) is 12.3. The standard InChI is InChI=1S/C16H16N2O4/c1-12(16(19)17(2)13-6-4-3-5-7-13)22-15-10-8-14(9-11-15)18(20)21/h3-12H,1-2H3/t12-/m0/s1. The molecule has 0 unspecified atom stereocenters. The Labute approximate surface area is 128 Å². The van der Waals surface area contributed by atoms with Crippen LogP contribution < -0.4 is 9.64 Å². The fourth-order valence-electron chi connectivity index (χ4n) is 1.95. The number of para-hydroxylation sites is 1. The molecule has 0 spiro atoms. The van der Waals surface area contributed by atoms with E-state index in [-0.39, 0.29) is 11.6 Å². The molecule has 114 valence electrons. The molecule has 0 fully saturated rings. The summed E-state index contributed by atoms with van der Waals surface area (Å²) in [5, 5.41) is 10.6. The number of hydrogen-bond donors (Lipinski definition) is 0. The van der Waals surface area contributed by atoms with Crippen LogP contribution in [0, 0.1) is 10.1 Å². The third kappa shape index (κ3) is 3.60. The summed E-state index contributed by atoms with van der Waals surface area (Å²) in [6, 6.07) is 14.9. The van der Waals surface area contributed by atoms with E-state index < -0.39 is 11.0 Å². The fraction of sp³-hybridized carbons (Fsp3) is 0.188. The molecule has 2 aromatic rings. The molecule has 0 aliphatic heterocycles. The van der Waals surface area contributed by atoms with Gasteiger partial charge in [0.25, 0.3) is 11.6 Å². The predicted octanol–water partition coefficient (Wildman–Crippen LogP) is 3.03. The lowest BCUT2D eigenvalue weighted by molar-refractivity contribution is -0.384. The van der Waals surface area contributed by atoms with Crippen molar-refractivity contribution in [3.8, 4) is 5.75 Å². The Morgan fingerprint density at radius 3 is 2.27 bits per heavy atom. The average Bonchev–Trinajstić information content (AvgIpc) is 2.54. The maximum atomic E-state index is 12.3. The van der Waals surface area contributed by atoms with Crippen molar-refractivity contribution in [1.82, 2.24) is 0 Å². The largest absolute Gasteiger partial charge is 0.481 e. The summed E-state index contributed by atoms with van der Waals surface area (Å²) in [5.74, 6) is 0.206. The van der Waals surface area contributed by atoms with Gasteiger partial charge in [-0.25, -0.2) is 0 Å². The normalized spacial score (nSPS) is 11.5. The predicted molar refractivity (Wildman–Crippen MR) is 83.0 cm³/mol. The number of rotatable bonds is 5.